The molecule has 4 rings (SSSR count). The first-order valence-corrected chi connectivity index (χ1v) is 9.92. The molecule has 0 radical (unpaired) electrons. The molecule has 1 aliphatic heterocycles. The van der Waals surface area contributed by atoms with E-state index in [1.165, 1.54) is 0 Å². The van der Waals surface area contributed by atoms with Gasteiger partial charge in [-0.2, -0.15) is 5.10 Å². The highest BCUT2D eigenvalue weighted by Gasteiger charge is 2.30. The number of nitrogens with zero attached hydrogens (tertiary/aromatic N) is 3. The van der Waals surface area contributed by atoms with E-state index in [0.717, 1.165) is 11.1 Å². The Morgan fingerprint density at radius 2 is 2.13 bits per heavy atom. The summed E-state index contributed by atoms with van der Waals surface area (Å²) in [6.45, 7) is 0.451. The molecule has 2 heterocycles. The number of hydrogen-bond acceptors (Lipinski definition) is 5. The van der Waals surface area contributed by atoms with Crippen LogP contribution in [0.3, 0.4) is 0 Å². The fraction of sp³-hybridized carbons (Fsp3) is 0.190. The zero-order chi connectivity index (χ0) is 21.1. The van der Waals surface area contributed by atoms with Crippen molar-refractivity contribution in [2.45, 2.75) is 19.1 Å². The molecule has 9 heteroatoms. The van der Waals surface area contributed by atoms with Gasteiger partial charge in [0.1, 0.15) is 5.75 Å². The lowest BCUT2D eigenvalue weighted by atomic mass is 10.0. The van der Waals surface area contributed by atoms with E-state index < -0.39 is 6.10 Å². The molecule has 0 saturated heterocycles. The summed E-state index contributed by atoms with van der Waals surface area (Å²) in [5.74, 6) is 0.385. The van der Waals surface area contributed by atoms with Gasteiger partial charge in [0.25, 0.3) is 5.91 Å². The summed E-state index contributed by atoms with van der Waals surface area (Å²) in [4.78, 5) is 17.9. The van der Waals surface area contributed by atoms with Crippen molar-refractivity contribution in [2.24, 2.45) is 5.16 Å². The van der Waals surface area contributed by atoms with Crippen molar-refractivity contribution in [1.82, 2.24) is 9.78 Å². The zero-order valence-electron chi connectivity index (χ0n) is 16.0. The number of methoxy groups -OCH3 is 1. The predicted octanol–water partition coefficient (Wildman–Crippen LogP) is 4.38. The molecule has 1 amide bonds. The van der Waals surface area contributed by atoms with Crippen LogP contribution in [-0.4, -0.2) is 34.6 Å². The van der Waals surface area contributed by atoms with Crippen LogP contribution in [0, 0.1) is 0 Å². The van der Waals surface area contributed by atoms with Crippen molar-refractivity contribution in [3.8, 4) is 5.75 Å². The van der Waals surface area contributed by atoms with Crippen LogP contribution in [0.2, 0.25) is 10.0 Å². The normalized spacial score (nSPS) is 15.4. The summed E-state index contributed by atoms with van der Waals surface area (Å²) in [6, 6.07) is 12.8. The molecule has 1 N–H and O–H groups in total. The first-order chi connectivity index (χ1) is 14.5. The van der Waals surface area contributed by atoms with Gasteiger partial charge in [0, 0.05) is 28.2 Å². The molecule has 0 bridgehead atoms. The number of para-hydroxylation sites is 1. The van der Waals surface area contributed by atoms with Crippen molar-refractivity contribution in [1.29, 1.82) is 0 Å². The number of oxime groups is 1. The highest BCUT2D eigenvalue weighted by Crippen LogP contribution is 2.25. The molecule has 0 spiro atoms. The number of hydrogen-bond donors (Lipinski definition) is 1. The van der Waals surface area contributed by atoms with Gasteiger partial charge in [0.2, 0.25) is 6.10 Å². The molecule has 0 aliphatic carbocycles. The SMILES string of the molecule is COc1ccccc1C1=NOC(C(=O)Nc2cnn(Cc3ccc(Cl)cc3Cl)c2)C1. The second-order valence-electron chi connectivity index (χ2n) is 6.69. The van der Waals surface area contributed by atoms with E-state index in [-0.39, 0.29) is 5.91 Å². The predicted molar refractivity (Wildman–Crippen MR) is 115 cm³/mol. The van der Waals surface area contributed by atoms with Crippen LogP contribution in [0.15, 0.2) is 60.0 Å². The maximum absolute atomic E-state index is 12.6. The van der Waals surface area contributed by atoms with Gasteiger partial charge < -0.3 is 14.9 Å². The van der Waals surface area contributed by atoms with Crippen LogP contribution >= 0.6 is 23.2 Å². The number of amides is 1. The molecule has 3 aromatic rings. The molecule has 154 valence electrons. The largest absolute Gasteiger partial charge is 0.496 e. The Labute approximate surface area is 183 Å². The van der Waals surface area contributed by atoms with Crippen LogP contribution in [0.1, 0.15) is 17.5 Å². The van der Waals surface area contributed by atoms with Gasteiger partial charge in [-0.05, 0) is 29.8 Å². The van der Waals surface area contributed by atoms with Gasteiger partial charge in [-0.25, -0.2) is 0 Å². The van der Waals surface area contributed by atoms with E-state index in [2.05, 4.69) is 15.6 Å². The van der Waals surface area contributed by atoms with E-state index in [1.807, 2.05) is 30.3 Å². The standard InChI is InChI=1S/C21H18Cl2N4O3/c1-29-19-5-3-2-4-16(19)18-9-20(30-26-18)21(28)25-15-10-24-27(12-15)11-13-6-7-14(22)8-17(13)23/h2-8,10,12,20H,9,11H2,1H3,(H,25,28). The van der Waals surface area contributed by atoms with Crippen molar-refractivity contribution in [3.05, 3.63) is 76.0 Å². The third-order valence-corrected chi connectivity index (χ3v) is 5.21. The van der Waals surface area contributed by atoms with Crippen molar-refractivity contribution >= 4 is 40.5 Å². The van der Waals surface area contributed by atoms with Crippen LogP contribution in [0.5, 0.6) is 5.75 Å². The van der Waals surface area contributed by atoms with Gasteiger partial charge in [-0.1, -0.05) is 46.6 Å². The summed E-state index contributed by atoms with van der Waals surface area (Å²) >= 11 is 12.1. The van der Waals surface area contributed by atoms with Crippen molar-refractivity contribution < 1.29 is 14.4 Å². The Kier molecular flexibility index (Phi) is 5.92. The Balaban J connectivity index is 1.37. The molecule has 30 heavy (non-hydrogen) atoms. The molecule has 0 fully saturated rings. The monoisotopic (exact) mass is 444 g/mol. The molecule has 1 aliphatic rings. The fourth-order valence-corrected chi connectivity index (χ4v) is 3.59. The van der Waals surface area contributed by atoms with E-state index in [9.17, 15) is 4.79 Å². The lowest BCUT2D eigenvalue weighted by molar-refractivity contribution is -0.125. The average Bonchev–Trinajstić information content (AvgIpc) is 3.40. The number of aromatic nitrogens is 2. The number of benzene rings is 2. The Bertz CT molecular complexity index is 1110. The maximum Gasteiger partial charge on any atom is 0.268 e. The number of rotatable bonds is 6. The van der Waals surface area contributed by atoms with Gasteiger partial charge in [0.15, 0.2) is 0 Å². The van der Waals surface area contributed by atoms with Gasteiger partial charge in [-0.15, -0.1) is 0 Å². The minimum Gasteiger partial charge on any atom is -0.496 e. The van der Waals surface area contributed by atoms with Gasteiger partial charge >= 0.3 is 0 Å². The van der Waals surface area contributed by atoms with E-state index >= 15 is 0 Å². The lowest BCUT2D eigenvalue weighted by Crippen LogP contribution is -2.27. The Morgan fingerprint density at radius 1 is 1.30 bits per heavy atom. The maximum atomic E-state index is 12.6. The number of carbonyl (C=O) groups excluding carboxylic acids is 1. The lowest BCUT2D eigenvalue weighted by Gasteiger charge is -2.09. The number of halogens is 2. The minimum absolute atomic E-state index is 0.298. The molecule has 1 atom stereocenters. The van der Waals surface area contributed by atoms with Crippen LogP contribution in [0.25, 0.3) is 0 Å². The minimum atomic E-state index is -0.723. The number of ether oxygens (including phenoxy) is 1. The third kappa shape index (κ3) is 4.42. The molecule has 7 nitrogen and oxygen atoms in total. The molecular weight excluding hydrogens is 427 g/mol. The first-order valence-electron chi connectivity index (χ1n) is 9.17. The first kappa shape index (κ1) is 20.3. The second-order valence-corrected chi connectivity index (χ2v) is 7.53. The Hall–Kier alpha value is -3.03. The molecule has 1 aromatic heterocycles. The highest BCUT2D eigenvalue weighted by molar-refractivity contribution is 6.35. The number of carbonyl (C=O) groups is 1. The second kappa shape index (κ2) is 8.77. The Morgan fingerprint density at radius 3 is 2.93 bits per heavy atom. The summed E-state index contributed by atoms with van der Waals surface area (Å²) in [7, 11) is 1.59. The smallest absolute Gasteiger partial charge is 0.268 e. The number of anilines is 1. The summed E-state index contributed by atoms with van der Waals surface area (Å²) in [5.41, 5.74) is 2.90. The topological polar surface area (TPSA) is 77.7 Å². The summed E-state index contributed by atoms with van der Waals surface area (Å²) in [6.07, 6.45) is 2.91. The van der Waals surface area contributed by atoms with E-state index in [1.54, 1.807) is 36.3 Å². The molecule has 1 unspecified atom stereocenters. The third-order valence-electron chi connectivity index (χ3n) is 4.63. The van der Waals surface area contributed by atoms with Crippen molar-refractivity contribution in [2.75, 3.05) is 12.4 Å². The van der Waals surface area contributed by atoms with Gasteiger partial charge in [0.05, 0.1) is 31.3 Å². The zero-order valence-corrected chi connectivity index (χ0v) is 17.5. The fourth-order valence-electron chi connectivity index (χ4n) is 3.12. The van der Waals surface area contributed by atoms with Crippen LogP contribution in [-0.2, 0) is 16.2 Å². The van der Waals surface area contributed by atoms with Crippen LogP contribution < -0.4 is 10.1 Å². The number of nitrogens with one attached hydrogen (secondary N) is 1. The molecular formula is C21H18Cl2N4O3. The quantitative estimate of drug-likeness (QED) is 0.611. The van der Waals surface area contributed by atoms with Crippen molar-refractivity contribution in [3.63, 3.8) is 0 Å². The van der Waals surface area contributed by atoms with Gasteiger partial charge in [-0.3, -0.25) is 9.48 Å². The highest BCUT2D eigenvalue weighted by atomic mass is 35.5. The van der Waals surface area contributed by atoms with Crippen LogP contribution in [0.4, 0.5) is 5.69 Å². The average molecular weight is 445 g/mol. The van der Waals surface area contributed by atoms with E-state index in [0.29, 0.717) is 40.2 Å². The molecule has 0 saturated carbocycles. The molecule has 2 aromatic carbocycles. The summed E-state index contributed by atoms with van der Waals surface area (Å²) < 4.78 is 7.03. The van der Waals surface area contributed by atoms with E-state index in [4.69, 9.17) is 32.8 Å². The summed E-state index contributed by atoms with van der Waals surface area (Å²) in [5, 5.41) is 12.3.